The number of likely N-dealkylation sites (N-methyl/N-ethyl adjacent to an activating group) is 2. The van der Waals surface area contributed by atoms with Crippen LogP contribution in [0.15, 0.2) is 6.20 Å². The first-order chi connectivity index (χ1) is 12.5. The highest BCUT2D eigenvalue weighted by Crippen LogP contribution is 2.18. The summed E-state index contributed by atoms with van der Waals surface area (Å²) in [6, 6.07) is 0.00170. The fourth-order valence-corrected chi connectivity index (χ4v) is 3.94. The Morgan fingerprint density at radius 3 is 2.50 bits per heavy atom. The van der Waals surface area contributed by atoms with Crippen molar-refractivity contribution in [1.82, 2.24) is 29.4 Å². The van der Waals surface area contributed by atoms with Crippen molar-refractivity contribution in [3.8, 4) is 0 Å². The fourth-order valence-electron chi connectivity index (χ4n) is 3.94. The lowest BCUT2D eigenvalue weighted by Crippen LogP contribution is -2.54. The summed E-state index contributed by atoms with van der Waals surface area (Å²) < 4.78 is 2.09. The van der Waals surface area contributed by atoms with E-state index in [-0.39, 0.29) is 11.9 Å². The zero-order chi connectivity index (χ0) is 18.7. The third-order valence-electron chi connectivity index (χ3n) is 5.87. The van der Waals surface area contributed by atoms with Gasteiger partial charge in [0, 0.05) is 71.2 Å². The number of piperazine rings is 2. The van der Waals surface area contributed by atoms with Gasteiger partial charge >= 0.3 is 0 Å². The summed E-state index contributed by atoms with van der Waals surface area (Å²) in [4.78, 5) is 21.5. The number of carbonyl (C=O) groups is 1. The highest BCUT2D eigenvalue weighted by Gasteiger charge is 2.31. The van der Waals surface area contributed by atoms with Gasteiger partial charge in [0.25, 0.3) is 0 Å². The molecule has 2 fully saturated rings. The molecule has 1 aromatic rings. The maximum absolute atomic E-state index is 12.4. The van der Waals surface area contributed by atoms with Crippen LogP contribution in [0.3, 0.4) is 0 Å². The quantitative estimate of drug-likeness (QED) is 0.737. The second-order valence-electron chi connectivity index (χ2n) is 7.80. The zero-order valence-corrected chi connectivity index (χ0v) is 16.8. The van der Waals surface area contributed by atoms with Crippen molar-refractivity contribution in [3.05, 3.63) is 17.5 Å². The summed E-state index contributed by atoms with van der Waals surface area (Å²) >= 11 is 0. The van der Waals surface area contributed by atoms with E-state index in [1.165, 1.54) is 5.56 Å². The molecule has 1 aromatic heterocycles. The first-order valence-corrected chi connectivity index (χ1v) is 9.90. The molecule has 1 atom stereocenters. The van der Waals surface area contributed by atoms with Gasteiger partial charge in [-0.25, -0.2) is 0 Å². The van der Waals surface area contributed by atoms with E-state index in [9.17, 15) is 4.79 Å². The second-order valence-corrected chi connectivity index (χ2v) is 7.80. The van der Waals surface area contributed by atoms with Crippen LogP contribution < -0.4 is 0 Å². The Morgan fingerprint density at radius 1 is 1.08 bits per heavy atom. The van der Waals surface area contributed by atoms with Gasteiger partial charge < -0.3 is 9.80 Å². The van der Waals surface area contributed by atoms with Crippen molar-refractivity contribution >= 4 is 5.91 Å². The smallest absolute Gasteiger partial charge is 0.239 e. The van der Waals surface area contributed by atoms with Gasteiger partial charge in [-0.2, -0.15) is 5.10 Å². The largest absolute Gasteiger partial charge is 0.343 e. The molecule has 0 bridgehead atoms. The lowest BCUT2D eigenvalue weighted by atomic mass is 10.1. The first kappa shape index (κ1) is 19.3. The van der Waals surface area contributed by atoms with Crippen LogP contribution in [0.2, 0.25) is 0 Å². The van der Waals surface area contributed by atoms with Crippen molar-refractivity contribution in [1.29, 1.82) is 0 Å². The average molecular weight is 363 g/mol. The third kappa shape index (κ3) is 4.45. The van der Waals surface area contributed by atoms with Gasteiger partial charge in [-0.15, -0.1) is 0 Å². The lowest BCUT2D eigenvalue weighted by molar-refractivity contribution is -0.140. The molecule has 0 N–H and O–H groups in total. The SMILES string of the molecule is CC[C@@H]1C(=O)N(C)CCN1Cc1cn(CCN2CCN(C)CC2)nc1C. The van der Waals surface area contributed by atoms with Crippen LogP contribution in [0.25, 0.3) is 0 Å². The fraction of sp³-hybridized carbons (Fsp3) is 0.789. The third-order valence-corrected chi connectivity index (χ3v) is 5.87. The molecule has 2 aliphatic heterocycles. The van der Waals surface area contributed by atoms with Gasteiger partial charge in [0.1, 0.15) is 0 Å². The molecule has 26 heavy (non-hydrogen) atoms. The molecule has 3 rings (SSSR count). The van der Waals surface area contributed by atoms with Gasteiger partial charge in [0.15, 0.2) is 0 Å². The summed E-state index contributed by atoms with van der Waals surface area (Å²) in [5.41, 5.74) is 2.34. The van der Waals surface area contributed by atoms with Gasteiger partial charge in [0.05, 0.1) is 18.3 Å². The van der Waals surface area contributed by atoms with Crippen LogP contribution in [0.4, 0.5) is 0 Å². The number of rotatable bonds is 6. The molecule has 0 aromatic carbocycles. The first-order valence-electron chi connectivity index (χ1n) is 9.90. The summed E-state index contributed by atoms with van der Waals surface area (Å²) in [5.74, 6) is 0.249. The molecule has 7 nitrogen and oxygen atoms in total. The molecule has 146 valence electrons. The van der Waals surface area contributed by atoms with Gasteiger partial charge in [-0.05, 0) is 20.4 Å². The molecular formula is C19H34N6O. The minimum atomic E-state index is 0.00170. The highest BCUT2D eigenvalue weighted by atomic mass is 16.2. The molecular weight excluding hydrogens is 328 g/mol. The normalized spacial score (nSPS) is 23.8. The number of aromatic nitrogens is 2. The van der Waals surface area contributed by atoms with Crippen LogP contribution >= 0.6 is 0 Å². The van der Waals surface area contributed by atoms with E-state index in [1.807, 2.05) is 11.9 Å². The lowest BCUT2D eigenvalue weighted by Gasteiger charge is -2.38. The van der Waals surface area contributed by atoms with Crippen molar-refractivity contribution in [2.24, 2.45) is 0 Å². The van der Waals surface area contributed by atoms with Gasteiger partial charge in [0.2, 0.25) is 5.91 Å². The van der Waals surface area contributed by atoms with Crippen molar-refractivity contribution in [3.63, 3.8) is 0 Å². The van der Waals surface area contributed by atoms with Gasteiger partial charge in [-0.1, -0.05) is 6.92 Å². The summed E-state index contributed by atoms with van der Waals surface area (Å²) in [5, 5.41) is 4.72. The van der Waals surface area contributed by atoms with E-state index in [0.29, 0.717) is 0 Å². The van der Waals surface area contributed by atoms with E-state index in [2.05, 4.69) is 46.5 Å². The molecule has 2 saturated heterocycles. The predicted molar refractivity (Wildman–Crippen MR) is 103 cm³/mol. The Hall–Kier alpha value is -1.44. The maximum atomic E-state index is 12.4. The topological polar surface area (TPSA) is 47.9 Å². The molecule has 3 heterocycles. The second kappa shape index (κ2) is 8.50. The minimum absolute atomic E-state index is 0.00170. The predicted octanol–water partition coefficient (Wildman–Crippen LogP) is 0.492. The van der Waals surface area contributed by atoms with Crippen LogP contribution in [-0.4, -0.2) is 101 Å². The molecule has 0 spiro atoms. The molecule has 1 amide bonds. The number of nitrogens with zero attached hydrogens (tertiary/aromatic N) is 6. The van der Waals surface area contributed by atoms with Crippen LogP contribution in [-0.2, 0) is 17.9 Å². The van der Waals surface area contributed by atoms with E-state index in [4.69, 9.17) is 5.10 Å². The monoisotopic (exact) mass is 362 g/mol. The van der Waals surface area contributed by atoms with E-state index in [1.54, 1.807) is 0 Å². The van der Waals surface area contributed by atoms with Crippen LogP contribution in [0.1, 0.15) is 24.6 Å². The van der Waals surface area contributed by atoms with Crippen molar-refractivity contribution in [2.75, 3.05) is 59.9 Å². The van der Waals surface area contributed by atoms with Crippen LogP contribution in [0.5, 0.6) is 0 Å². The minimum Gasteiger partial charge on any atom is -0.343 e. The van der Waals surface area contributed by atoms with Crippen molar-refractivity contribution in [2.45, 2.75) is 39.4 Å². The number of amides is 1. The van der Waals surface area contributed by atoms with E-state index < -0.39 is 0 Å². The summed E-state index contributed by atoms with van der Waals surface area (Å²) in [6.45, 7) is 13.3. The summed E-state index contributed by atoms with van der Waals surface area (Å²) in [6.07, 6.45) is 3.04. The molecule has 7 heteroatoms. The molecule has 0 aliphatic carbocycles. The van der Waals surface area contributed by atoms with E-state index >= 15 is 0 Å². The number of hydrogen-bond acceptors (Lipinski definition) is 5. The van der Waals surface area contributed by atoms with Gasteiger partial charge in [-0.3, -0.25) is 19.3 Å². The average Bonchev–Trinajstić information content (AvgIpc) is 2.98. The summed E-state index contributed by atoms with van der Waals surface area (Å²) in [7, 11) is 4.09. The zero-order valence-electron chi connectivity index (χ0n) is 16.8. The Kier molecular flexibility index (Phi) is 6.32. The number of hydrogen-bond donors (Lipinski definition) is 0. The number of carbonyl (C=O) groups excluding carboxylic acids is 1. The van der Waals surface area contributed by atoms with E-state index in [0.717, 1.165) is 71.0 Å². The Morgan fingerprint density at radius 2 is 1.81 bits per heavy atom. The van der Waals surface area contributed by atoms with Crippen molar-refractivity contribution < 1.29 is 4.79 Å². The Bertz CT molecular complexity index is 607. The Labute approximate surface area is 157 Å². The molecule has 0 unspecified atom stereocenters. The molecule has 0 saturated carbocycles. The van der Waals surface area contributed by atoms with Crippen LogP contribution in [0, 0.1) is 6.92 Å². The highest BCUT2D eigenvalue weighted by molar-refractivity contribution is 5.82. The molecule has 2 aliphatic rings. The molecule has 0 radical (unpaired) electrons. The number of aryl methyl sites for hydroxylation is 1. The maximum Gasteiger partial charge on any atom is 0.239 e. The Balaban J connectivity index is 1.57. The standard InChI is InChI=1S/C19H34N6O/c1-5-18-19(26)22(4)8-12-24(18)14-17-15-25(20-16(17)2)13-11-23-9-6-21(3)7-10-23/h15,18H,5-14H2,1-4H3/t18-/m1/s1.